The maximum atomic E-state index is 4.14. The van der Waals surface area contributed by atoms with Gasteiger partial charge in [-0.15, -0.1) is 0 Å². The Morgan fingerprint density at radius 2 is 1.90 bits per heavy atom. The van der Waals surface area contributed by atoms with Gasteiger partial charge in [0.2, 0.25) is 0 Å². The van der Waals surface area contributed by atoms with E-state index >= 15 is 0 Å². The predicted octanol–water partition coefficient (Wildman–Crippen LogP) is 6.34. The number of hydrogen-bond acceptors (Lipinski definition) is 0. The molecule has 1 rings (SSSR count). The molecular formula is C20H30. The summed E-state index contributed by atoms with van der Waals surface area (Å²) in [5.41, 5.74) is 2.71. The summed E-state index contributed by atoms with van der Waals surface area (Å²) in [6, 6.07) is 10.7. The lowest BCUT2D eigenvalue weighted by molar-refractivity contribution is 0.657. The highest BCUT2D eigenvalue weighted by Gasteiger charge is 2.05. The van der Waals surface area contributed by atoms with E-state index in [0.717, 1.165) is 6.42 Å². The maximum absolute atomic E-state index is 4.14. The third-order valence-electron chi connectivity index (χ3n) is 3.81. The Morgan fingerprint density at radius 1 is 1.15 bits per heavy atom. The minimum Gasteiger partial charge on any atom is -0.0995 e. The Balaban J connectivity index is 2.33. The highest BCUT2D eigenvalue weighted by molar-refractivity contribution is 5.16. The first-order valence-corrected chi connectivity index (χ1v) is 8.10. The third kappa shape index (κ3) is 7.33. The molecule has 0 saturated heterocycles. The molecule has 0 bridgehead atoms. The van der Waals surface area contributed by atoms with Crippen molar-refractivity contribution in [3.8, 4) is 0 Å². The van der Waals surface area contributed by atoms with Crippen molar-refractivity contribution in [3.05, 3.63) is 60.2 Å². The van der Waals surface area contributed by atoms with Crippen LogP contribution in [0.4, 0.5) is 0 Å². The molecule has 0 heteroatoms. The normalized spacial score (nSPS) is 12.7. The van der Waals surface area contributed by atoms with Crippen LogP contribution in [0.5, 0.6) is 0 Å². The van der Waals surface area contributed by atoms with E-state index in [9.17, 15) is 0 Å². The summed E-state index contributed by atoms with van der Waals surface area (Å²) in [5.74, 6) is 0.529. The van der Waals surface area contributed by atoms with E-state index in [1.54, 1.807) is 0 Å². The molecule has 0 N–H and O–H groups in total. The van der Waals surface area contributed by atoms with Crippen molar-refractivity contribution in [3.63, 3.8) is 0 Å². The Bertz CT molecular complexity index is 386. The predicted molar refractivity (Wildman–Crippen MR) is 91.0 cm³/mol. The Kier molecular flexibility index (Phi) is 8.78. The van der Waals surface area contributed by atoms with Gasteiger partial charge in [-0.05, 0) is 44.1 Å². The van der Waals surface area contributed by atoms with Crippen molar-refractivity contribution < 1.29 is 0 Å². The van der Waals surface area contributed by atoms with Crippen molar-refractivity contribution in [2.75, 3.05) is 0 Å². The van der Waals surface area contributed by atoms with E-state index in [-0.39, 0.29) is 0 Å². The van der Waals surface area contributed by atoms with Crippen LogP contribution < -0.4 is 0 Å². The summed E-state index contributed by atoms with van der Waals surface area (Å²) in [7, 11) is 0. The fourth-order valence-corrected chi connectivity index (χ4v) is 2.42. The molecule has 0 aromatic heterocycles. The zero-order valence-electron chi connectivity index (χ0n) is 13.3. The fourth-order valence-electron chi connectivity index (χ4n) is 2.42. The molecule has 0 fully saturated rings. The smallest absolute Gasteiger partial charge is 0.00256 e. The Morgan fingerprint density at radius 3 is 2.55 bits per heavy atom. The van der Waals surface area contributed by atoms with Crippen LogP contribution in [0.3, 0.4) is 0 Å². The van der Waals surface area contributed by atoms with Gasteiger partial charge >= 0.3 is 0 Å². The molecule has 20 heavy (non-hydrogen) atoms. The molecule has 0 aliphatic rings. The van der Waals surface area contributed by atoms with E-state index in [1.807, 2.05) is 0 Å². The maximum Gasteiger partial charge on any atom is -0.00256 e. The summed E-state index contributed by atoms with van der Waals surface area (Å²) in [6.07, 6.45) is 13.6. The second kappa shape index (κ2) is 10.5. The van der Waals surface area contributed by atoms with Gasteiger partial charge in [-0.25, -0.2) is 0 Å². The van der Waals surface area contributed by atoms with Crippen LogP contribution in [0.15, 0.2) is 54.6 Å². The molecule has 1 aromatic carbocycles. The van der Waals surface area contributed by atoms with Crippen LogP contribution in [0.1, 0.15) is 57.9 Å². The second-order valence-corrected chi connectivity index (χ2v) is 5.75. The lowest BCUT2D eigenvalue weighted by Gasteiger charge is -2.12. The summed E-state index contributed by atoms with van der Waals surface area (Å²) in [6.45, 7) is 8.56. The van der Waals surface area contributed by atoms with Gasteiger partial charge in [-0.2, -0.15) is 0 Å². The molecular weight excluding hydrogens is 240 g/mol. The largest absolute Gasteiger partial charge is 0.0995 e. The number of allylic oxidation sites excluding steroid dienone is 3. The Hall–Kier alpha value is -1.30. The molecule has 0 unspecified atom stereocenters. The zero-order valence-corrected chi connectivity index (χ0v) is 13.3. The van der Waals surface area contributed by atoms with Gasteiger partial charge in [0.05, 0.1) is 0 Å². The van der Waals surface area contributed by atoms with Crippen LogP contribution in [-0.4, -0.2) is 0 Å². The average Bonchev–Trinajstić information content (AvgIpc) is 2.46. The lowest BCUT2D eigenvalue weighted by Crippen LogP contribution is -2.00. The average molecular weight is 270 g/mol. The van der Waals surface area contributed by atoms with Crippen LogP contribution in [-0.2, 0) is 6.42 Å². The van der Waals surface area contributed by atoms with Gasteiger partial charge in [-0.3, -0.25) is 0 Å². The second-order valence-electron chi connectivity index (χ2n) is 5.75. The number of unbranched alkanes of at least 4 members (excludes halogenated alkanes) is 4. The van der Waals surface area contributed by atoms with Crippen molar-refractivity contribution in [2.24, 2.45) is 5.92 Å². The molecule has 0 aliphatic carbocycles. The summed E-state index contributed by atoms with van der Waals surface area (Å²) in [4.78, 5) is 0. The molecule has 0 heterocycles. The molecule has 0 nitrogen and oxygen atoms in total. The SMILES string of the molecule is C=C(C)[C@H](/C=C/CCCCCC)CCc1ccccc1. The molecule has 1 aromatic rings. The molecule has 0 saturated carbocycles. The van der Waals surface area contributed by atoms with Crippen molar-refractivity contribution >= 4 is 0 Å². The summed E-state index contributed by atoms with van der Waals surface area (Å²) < 4.78 is 0. The first-order valence-electron chi connectivity index (χ1n) is 8.10. The number of benzene rings is 1. The van der Waals surface area contributed by atoms with Crippen LogP contribution in [0.25, 0.3) is 0 Å². The van der Waals surface area contributed by atoms with Gasteiger partial charge in [-0.1, -0.05) is 80.8 Å². The van der Waals surface area contributed by atoms with Crippen molar-refractivity contribution in [2.45, 2.75) is 58.8 Å². The quantitative estimate of drug-likeness (QED) is 0.344. The molecule has 0 amide bonds. The van der Waals surface area contributed by atoms with E-state index in [0.29, 0.717) is 5.92 Å². The first kappa shape index (κ1) is 16.8. The molecule has 110 valence electrons. The van der Waals surface area contributed by atoms with Crippen molar-refractivity contribution in [1.29, 1.82) is 0 Å². The lowest BCUT2D eigenvalue weighted by atomic mass is 9.93. The van der Waals surface area contributed by atoms with Crippen LogP contribution in [0.2, 0.25) is 0 Å². The minimum absolute atomic E-state index is 0.529. The molecule has 0 aliphatic heterocycles. The number of aryl methyl sites for hydroxylation is 1. The highest BCUT2D eigenvalue weighted by Crippen LogP contribution is 2.18. The van der Waals surface area contributed by atoms with Crippen molar-refractivity contribution in [1.82, 2.24) is 0 Å². The zero-order chi connectivity index (χ0) is 14.6. The van der Waals surface area contributed by atoms with Gasteiger partial charge in [0, 0.05) is 0 Å². The van der Waals surface area contributed by atoms with E-state index < -0.39 is 0 Å². The highest BCUT2D eigenvalue weighted by atomic mass is 14.1. The number of rotatable bonds is 10. The molecule has 1 atom stereocenters. The molecule has 0 spiro atoms. The van der Waals surface area contributed by atoms with Gasteiger partial charge in [0.1, 0.15) is 0 Å². The topological polar surface area (TPSA) is 0 Å². The number of hydrogen-bond donors (Lipinski definition) is 0. The molecule has 0 radical (unpaired) electrons. The van der Waals surface area contributed by atoms with Gasteiger partial charge in [0.15, 0.2) is 0 Å². The van der Waals surface area contributed by atoms with Crippen LogP contribution >= 0.6 is 0 Å². The Labute approximate surface area is 125 Å². The summed E-state index contributed by atoms with van der Waals surface area (Å²) >= 11 is 0. The standard InChI is InChI=1S/C20H30/c1-4-5-6-7-8-12-15-20(18(2)3)17-16-19-13-10-9-11-14-19/h9-15,20H,2,4-8,16-17H2,1,3H3/b15-12+/t20-/m1/s1. The monoisotopic (exact) mass is 270 g/mol. The first-order chi connectivity index (χ1) is 9.74. The van der Waals surface area contributed by atoms with E-state index in [1.165, 1.54) is 49.7 Å². The van der Waals surface area contributed by atoms with Gasteiger partial charge < -0.3 is 0 Å². The van der Waals surface area contributed by atoms with Crippen LogP contribution in [0, 0.1) is 5.92 Å². The fraction of sp³-hybridized carbons (Fsp3) is 0.500. The third-order valence-corrected chi connectivity index (χ3v) is 3.81. The van der Waals surface area contributed by atoms with E-state index in [4.69, 9.17) is 0 Å². The summed E-state index contributed by atoms with van der Waals surface area (Å²) in [5, 5.41) is 0. The minimum atomic E-state index is 0.529. The van der Waals surface area contributed by atoms with E-state index in [2.05, 4.69) is 62.9 Å². The van der Waals surface area contributed by atoms with Gasteiger partial charge in [0.25, 0.3) is 0 Å².